The average Bonchev–Trinajstić information content (AvgIpc) is 3.34. The maximum absolute atomic E-state index is 12.1. The van der Waals surface area contributed by atoms with Crippen LogP contribution in [0.5, 0.6) is 0 Å². The number of nitrogens with zero attached hydrogens (tertiary/aromatic N) is 3. The van der Waals surface area contributed by atoms with E-state index in [1.165, 1.54) is 11.3 Å². The minimum atomic E-state index is -0.318. The van der Waals surface area contributed by atoms with Crippen LogP contribution in [0.1, 0.15) is 23.5 Å². The van der Waals surface area contributed by atoms with Crippen molar-refractivity contribution in [2.24, 2.45) is 0 Å². The van der Waals surface area contributed by atoms with Crippen LogP contribution in [0.15, 0.2) is 48.4 Å². The van der Waals surface area contributed by atoms with Crippen molar-refractivity contribution in [1.82, 2.24) is 30.4 Å². The molecule has 0 aliphatic heterocycles. The van der Waals surface area contributed by atoms with Crippen LogP contribution in [0.3, 0.4) is 0 Å². The molecule has 162 valence electrons. The number of H-pyrrole nitrogens is 1. The summed E-state index contributed by atoms with van der Waals surface area (Å²) < 4.78 is 2.37. The molecule has 0 bridgehead atoms. The van der Waals surface area contributed by atoms with Gasteiger partial charge in [-0.05, 0) is 17.8 Å². The Morgan fingerprint density at radius 2 is 2.06 bits per heavy atom. The fourth-order valence-corrected chi connectivity index (χ4v) is 3.67. The second kappa shape index (κ2) is 11.2. The first-order valence-corrected chi connectivity index (χ1v) is 10.9. The molecule has 0 spiro atoms. The number of urea groups is 1. The minimum Gasteiger partial charge on any atom is -0.338 e. The molecule has 31 heavy (non-hydrogen) atoms. The smallest absolute Gasteiger partial charge is 0.315 e. The van der Waals surface area contributed by atoms with Gasteiger partial charge in [-0.25, -0.2) is 9.78 Å². The summed E-state index contributed by atoms with van der Waals surface area (Å²) in [5, 5.41) is 17.5. The quantitative estimate of drug-likeness (QED) is 0.276. The molecule has 3 rings (SSSR count). The number of aromatic amines is 1. The minimum absolute atomic E-state index is 0.145. The van der Waals surface area contributed by atoms with Gasteiger partial charge in [0, 0.05) is 31.4 Å². The molecular formula is C20H23N7O2S2. The van der Waals surface area contributed by atoms with Gasteiger partial charge in [0.2, 0.25) is 5.91 Å². The van der Waals surface area contributed by atoms with Crippen molar-refractivity contribution in [1.29, 1.82) is 0 Å². The number of nitrogens with one attached hydrogen (secondary N) is 4. The number of amides is 3. The van der Waals surface area contributed by atoms with Crippen LogP contribution in [-0.2, 0) is 24.3 Å². The Bertz CT molecular complexity index is 1090. The summed E-state index contributed by atoms with van der Waals surface area (Å²) in [5.41, 5.74) is 1.78. The summed E-state index contributed by atoms with van der Waals surface area (Å²) >= 11 is 6.54. The zero-order valence-electron chi connectivity index (χ0n) is 16.8. The van der Waals surface area contributed by atoms with Crippen LogP contribution in [0, 0.1) is 4.77 Å². The first-order valence-electron chi connectivity index (χ1n) is 9.60. The van der Waals surface area contributed by atoms with Gasteiger partial charge in [-0.15, -0.1) is 17.9 Å². The highest BCUT2D eigenvalue weighted by Gasteiger charge is 2.11. The lowest BCUT2D eigenvalue weighted by Gasteiger charge is -2.07. The highest BCUT2D eigenvalue weighted by Crippen LogP contribution is 2.18. The molecule has 3 amide bonds. The normalized spacial score (nSPS) is 10.5. The number of aromatic nitrogens is 4. The molecule has 0 aliphatic rings. The summed E-state index contributed by atoms with van der Waals surface area (Å²) in [4.78, 5) is 28.4. The van der Waals surface area contributed by atoms with E-state index in [2.05, 4.69) is 37.7 Å². The number of thiazole rings is 1. The molecule has 2 heterocycles. The van der Waals surface area contributed by atoms with E-state index in [0.717, 1.165) is 17.1 Å². The Labute approximate surface area is 188 Å². The van der Waals surface area contributed by atoms with Crippen molar-refractivity contribution >= 4 is 40.6 Å². The molecule has 0 unspecified atom stereocenters. The van der Waals surface area contributed by atoms with E-state index < -0.39 is 0 Å². The zero-order chi connectivity index (χ0) is 22.1. The van der Waals surface area contributed by atoms with E-state index in [1.54, 1.807) is 6.08 Å². The maximum Gasteiger partial charge on any atom is 0.315 e. The molecular weight excluding hydrogens is 434 g/mol. The van der Waals surface area contributed by atoms with Gasteiger partial charge in [-0.2, -0.15) is 5.10 Å². The van der Waals surface area contributed by atoms with Crippen molar-refractivity contribution in [3.63, 3.8) is 0 Å². The van der Waals surface area contributed by atoms with E-state index in [1.807, 2.05) is 40.3 Å². The van der Waals surface area contributed by atoms with Crippen LogP contribution in [0.25, 0.3) is 0 Å². The zero-order valence-corrected chi connectivity index (χ0v) is 18.4. The second-order valence-corrected chi connectivity index (χ2v) is 7.80. The lowest BCUT2D eigenvalue weighted by atomic mass is 10.2. The summed E-state index contributed by atoms with van der Waals surface area (Å²) in [6, 6.07) is 9.27. The first kappa shape index (κ1) is 22.4. The van der Waals surface area contributed by atoms with Gasteiger partial charge in [0.05, 0.1) is 12.1 Å². The number of allylic oxidation sites excluding steroid dienone is 1. The average molecular weight is 458 g/mol. The Balaban J connectivity index is 1.40. The fraction of sp³-hybridized carbons (Fsp3) is 0.250. The van der Waals surface area contributed by atoms with E-state index in [-0.39, 0.29) is 24.9 Å². The topological polar surface area (TPSA) is 117 Å². The van der Waals surface area contributed by atoms with Gasteiger partial charge >= 0.3 is 6.03 Å². The van der Waals surface area contributed by atoms with Crippen LogP contribution in [0.4, 0.5) is 9.93 Å². The van der Waals surface area contributed by atoms with Gasteiger partial charge in [0.15, 0.2) is 9.90 Å². The first-order chi connectivity index (χ1) is 15.0. The van der Waals surface area contributed by atoms with Gasteiger partial charge in [0.25, 0.3) is 0 Å². The standard InChI is InChI=1S/C20H23N7O2S2/c1-2-10-27-16(25-26-20(27)30)11-15-13-31-19(23-15)24-17(28)8-9-21-18(29)22-12-14-6-4-3-5-7-14/h2-7,13H,1,8-12H2,(H,26,30)(H2,21,22,29)(H,23,24,28). The Hall–Kier alpha value is -3.31. The molecule has 0 aliphatic carbocycles. The molecule has 9 nitrogen and oxygen atoms in total. The van der Waals surface area contributed by atoms with Gasteiger partial charge in [-0.3, -0.25) is 14.5 Å². The predicted molar refractivity (Wildman–Crippen MR) is 122 cm³/mol. The van der Waals surface area contributed by atoms with Crippen molar-refractivity contribution in [3.8, 4) is 0 Å². The van der Waals surface area contributed by atoms with Crippen LogP contribution in [-0.4, -0.2) is 38.2 Å². The fourth-order valence-electron chi connectivity index (χ4n) is 2.72. The highest BCUT2D eigenvalue weighted by atomic mass is 32.1. The lowest BCUT2D eigenvalue weighted by Crippen LogP contribution is -2.36. The van der Waals surface area contributed by atoms with Crippen molar-refractivity contribution in [2.75, 3.05) is 11.9 Å². The highest BCUT2D eigenvalue weighted by molar-refractivity contribution is 7.71. The molecule has 3 aromatic rings. The number of carbonyl (C=O) groups is 2. The lowest BCUT2D eigenvalue weighted by molar-refractivity contribution is -0.116. The SMILES string of the molecule is C=CCn1c(Cc2csc(NC(=O)CCNC(=O)NCc3ccccc3)n2)n[nH]c1=S. The molecule has 2 aromatic heterocycles. The summed E-state index contributed by atoms with van der Waals surface area (Å²) in [6.07, 6.45) is 2.37. The van der Waals surface area contributed by atoms with Gasteiger partial charge in [0.1, 0.15) is 5.82 Å². The van der Waals surface area contributed by atoms with Crippen molar-refractivity contribution in [3.05, 3.63) is 70.2 Å². The number of anilines is 1. The molecule has 0 fully saturated rings. The van der Waals surface area contributed by atoms with E-state index >= 15 is 0 Å². The van der Waals surface area contributed by atoms with Crippen molar-refractivity contribution in [2.45, 2.75) is 25.9 Å². The molecule has 0 saturated heterocycles. The molecule has 11 heteroatoms. The van der Waals surface area contributed by atoms with Crippen LogP contribution >= 0.6 is 23.6 Å². The molecule has 0 radical (unpaired) electrons. The number of hydrogen-bond acceptors (Lipinski definition) is 6. The number of rotatable bonds is 10. The largest absolute Gasteiger partial charge is 0.338 e. The van der Waals surface area contributed by atoms with Gasteiger partial charge < -0.3 is 16.0 Å². The van der Waals surface area contributed by atoms with Crippen molar-refractivity contribution < 1.29 is 9.59 Å². The summed E-state index contributed by atoms with van der Waals surface area (Å²) in [6.45, 7) is 4.93. The third-order valence-electron chi connectivity index (χ3n) is 4.22. The molecule has 0 atom stereocenters. The number of benzene rings is 1. The Morgan fingerprint density at radius 1 is 1.26 bits per heavy atom. The summed E-state index contributed by atoms with van der Waals surface area (Å²) in [5.74, 6) is 0.525. The summed E-state index contributed by atoms with van der Waals surface area (Å²) in [7, 11) is 0. The third-order valence-corrected chi connectivity index (χ3v) is 5.34. The second-order valence-electron chi connectivity index (χ2n) is 6.56. The number of hydrogen-bond donors (Lipinski definition) is 4. The Kier molecular flexibility index (Phi) is 8.07. The predicted octanol–water partition coefficient (Wildman–Crippen LogP) is 3.00. The molecule has 0 saturated carbocycles. The van der Waals surface area contributed by atoms with Crippen LogP contribution in [0.2, 0.25) is 0 Å². The van der Waals surface area contributed by atoms with Crippen LogP contribution < -0.4 is 16.0 Å². The molecule has 1 aromatic carbocycles. The monoisotopic (exact) mass is 457 g/mol. The molecule has 4 N–H and O–H groups in total. The third kappa shape index (κ3) is 6.86. The van der Waals surface area contributed by atoms with E-state index in [4.69, 9.17) is 12.2 Å². The van der Waals surface area contributed by atoms with Gasteiger partial charge in [-0.1, -0.05) is 36.4 Å². The van der Waals surface area contributed by atoms with E-state index in [9.17, 15) is 9.59 Å². The Morgan fingerprint density at radius 3 is 2.84 bits per heavy atom. The van der Waals surface area contributed by atoms with E-state index in [0.29, 0.717) is 29.4 Å². The number of carbonyl (C=O) groups excluding carboxylic acids is 2. The maximum atomic E-state index is 12.1.